The summed E-state index contributed by atoms with van der Waals surface area (Å²) in [6.07, 6.45) is 0. The Morgan fingerprint density at radius 1 is 1.20 bits per heavy atom. The molecule has 0 amide bonds. The van der Waals surface area contributed by atoms with Gasteiger partial charge in [0.25, 0.3) is 0 Å². The molecule has 0 aliphatic carbocycles. The number of benzene rings is 1. The van der Waals surface area contributed by atoms with Gasteiger partial charge in [0.1, 0.15) is 5.75 Å². The fraction of sp³-hybridized carbons (Fsp3) is 0.200. The number of aromatic carboxylic acids is 2. The number of ether oxygens (including phenoxy) is 1. The van der Waals surface area contributed by atoms with E-state index in [-0.39, 0.29) is 16.9 Å². The van der Waals surface area contributed by atoms with E-state index in [2.05, 4.69) is 0 Å². The van der Waals surface area contributed by atoms with E-state index in [1.807, 2.05) is 0 Å². The van der Waals surface area contributed by atoms with E-state index in [4.69, 9.17) is 4.74 Å². The van der Waals surface area contributed by atoms with Crippen LogP contribution >= 0.6 is 0 Å². The van der Waals surface area contributed by atoms with Gasteiger partial charge in [-0.05, 0) is 24.6 Å². The lowest BCUT2D eigenvalue weighted by Gasteiger charge is -2.15. The van der Waals surface area contributed by atoms with Crippen molar-refractivity contribution in [2.24, 2.45) is 0 Å². The van der Waals surface area contributed by atoms with Crippen molar-refractivity contribution >= 4 is 11.9 Å². The number of hydrogen-bond acceptors (Lipinski definition) is 5. The number of carboxylic acid groups (broad SMARTS) is 2. The van der Waals surface area contributed by atoms with Crippen molar-refractivity contribution in [2.45, 2.75) is 6.92 Å². The Bertz CT molecular complexity index is 422. The first-order valence-electron chi connectivity index (χ1n) is 4.08. The minimum absolute atomic E-state index is 0.258. The minimum atomic E-state index is -1.57. The van der Waals surface area contributed by atoms with E-state index < -0.39 is 17.5 Å². The van der Waals surface area contributed by atoms with Crippen molar-refractivity contribution in [3.63, 3.8) is 0 Å². The number of rotatable bonds is 3. The first-order chi connectivity index (χ1) is 6.97. The molecule has 5 heteroatoms. The third-order valence-electron chi connectivity index (χ3n) is 1.97. The summed E-state index contributed by atoms with van der Waals surface area (Å²) in [6, 6.07) is 2.50. The lowest BCUT2D eigenvalue weighted by Crippen LogP contribution is -2.31. The van der Waals surface area contributed by atoms with Crippen molar-refractivity contribution in [3.05, 3.63) is 28.8 Å². The SMILES string of the molecule is COc1cc(C)c(C(=O)[O-])c(C(=O)[O-])c1. The van der Waals surface area contributed by atoms with Crippen LogP contribution < -0.4 is 14.9 Å². The molecule has 0 aromatic heterocycles. The zero-order chi connectivity index (χ0) is 11.6. The molecule has 80 valence electrons. The highest BCUT2D eigenvalue weighted by molar-refractivity contribution is 6.01. The normalized spacial score (nSPS) is 9.73. The van der Waals surface area contributed by atoms with Crippen LogP contribution in [0.15, 0.2) is 12.1 Å². The van der Waals surface area contributed by atoms with Crippen LogP contribution in [-0.4, -0.2) is 19.0 Å². The van der Waals surface area contributed by atoms with Crippen LogP contribution in [0.25, 0.3) is 0 Å². The van der Waals surface area contributed by atoms with Gasteiger partial charge in [-0.15, -0.1) is 0 Å². The standard InChI is InChI=1S/C10H10O5/c1-5-3-6(15-2)4-7(9(11)12)8(5)10(13)14/h3-4H,1-2H3,(H,11,12)(H,13,14)/p-2. The van der Waals surface area contributed by atoms with Gasteiger partial charge in [0.05, 0.1) is 19.0 Å². The quantitative estimate of drug-likeness (QED) is 0.617. The molecule has 0 saturated carbocycles. The molecular weight excluding hydrogens is 200 g/mol. The zero-order valence-corrected chi connectivity index (χ0v) is 8.20. The molecule has 0 fully saturated rings. The number of hydrogen-bond donors (Lipinski definition) is 0. The van der Waals surface area contributed by atoms with Gasteiger partial charge in [0.2, 0.25) is 0 Å². The number of methoxy groups -OCH3 is 1. The Kier molecular flexibility index (Phi) is 2.94. The summed E-state index contributed by atoms with van der Waals surface area (Å²) in [6.45, 7) is 1.46. The lowest BCUT2D eigenvalue weighted by molar-refractivity contribution is -0.259. The smallest absolute Gasteiger partial charge is 0.119 e. The van der Waals surface area contributed by atoms with Crippen LogP contribution in [0.2, 0.25) is 0 Å². The second kappa shape index (κ2) is 4.00. The average molecular weight is 208 g/mol. The maximum atomic E-state index is 10.7. The van der Waals surface area contributed by atoms with Gasteiger partial charge >= 0.3 is 0 Å². The molecule has 0 heterocycles. The summed E-state index contributed by atoms with van der Waals surface area (Å²) in [5, 5.41) is 21.4. The molecule has 0 aliphatic heterocycles. The molecule has 0 spiro atoms. The summed E-state index contributed by atoms with van der Waals surface area (Å²) in [4.78, 5) is 21.4. The summed E-state index contributed by atoms with van der Waals surface area (Å²) >= 11 is 0. The molecule has 0 atom stereocenters. The van der Waals surface area contributed by atoms with Gasteiger partial charge in [-0.3, -0.25) is 0 Å². The van der Waals surface area contributed by atoms with Crippen molar-refractivity contribution in [1.82, 2.24) is 0 Å². The molecule has 1 aromatic rings. The molecule has 0 radical (unpaired) electrons. The summed E-state index contributed by atoms with van der Waals surface area (Å²) in [5.74, 6) is -2.86. The third-order valence-corrected chi connectivity index (χ3v) is 1.97. The Hall–Kier alpha value is -2.04. The molecular formula is C10H8O5-2. The Balaban J connectivity index is 3.49. The summed E-state index contributed by atoms with van der Waals surface area (Å²) in [7, 11) is 1.35. The highest BCUT2D eigenvalue weighted by Gasteiger charge is 2.10. The van der Waals surface area contributed by atoms with E-state index in [0.29, 0.717) is 0 Å². The molecule has 0 unspecified atom stereocenters. The van der Waals surface area contributed by atoms with Crippen molar-refractivity contribution < 1.29 is 24.5 Å². The first-order valence-corrected chi connectivity index (χ1v) is 4.08. The van der Waals surface area contributed by atoms with Gasteiger partial charge in [-0.1, -0.05) is 0 Å². The number of carbonyl (C=O) groups excluding carboxylic acids is 2. The van der Waals surface area contributed by atoms with Gasteiger partial charge in [-0.25, -0.2) is 0 Å². The van der Waals surface area contributed by atoms with Gasteiger partial charge < -0.3 is 24.5 Å². The van der Waals surface area contributed by atoms with E-state index in [1.165, 1.54) is 20.1 Å². The van der Waals surface area contributed by atoms with E-state index >= 15 is 0 Å². The summed E-state index contributed by atoms with van der Waals surface area (Å²) in [5.41, 5.74) is -0.559. The van der Waals surface area contributed by atoms with E-state index in [1.54, 1.807) is 0 Å². The average Bonchev–Trinajstić information content (AvgIpc) is 2.15. The maximum absolute atomic E-state index is 10.7. The Morgan fingerprint density at radius 3 is 2.20 bits per heavy atom. The Morgan fingerprint density at radius 2 is 1.80 bits per heavy atom. The van der Waals surface area contributed by atoms with Gasteiger partial charge in [-0.2, -0.15) is 0 Å². The third kappa shape index (κ3) is 2.07. The van der Waals surface area contributed by atoms with Gasteiger partial charge in [0, 0.05) is 11.1 Å². The highest BCUT2D eigenvalue weighted by Crippen LogP contribution is 2.21. The molecule has 0 N–H and O–H groups in total. The molecule has 1 rings (SSSR count). The molecule has 15 heavy (non-hydrogen) atoms. The van der Waals surface area contributed by atoms with Crippen LogP contribution in [0, 0.1) is 6.92 Å². The fourth-order valence-corrected chi connectivity index (χ4v) is 1.30. The van der Waals surface area contributed by atoms with Crippen LogP contribution in [0.3, 0.4) is 0 Å². The first kappa shape index (κ1) is 11.0. The van der Waals surface area contributed by atoms with E-state index in [9.17, 15) is 19.8 Å². The number of aryl methyl sites for hydroxylation is 1. The van der Waals surface area contributed by atoms with Gasteiger partial charge in [0.15, 0.2) is 0 Å². The predicted octanol–water partition coefficient (Wildman–Crippen LogP) is -1.27. The molecule has 0 saturated heterocycles. The van der Waals surface area contributed by atoms with Crippen molar-refractivity contribution in [2.75, 3.05) is 7.11 Å². The molecule has 1 aromatic carbocycles. The second-order valence-electron chi connectivity index (χ2n) is 2.94. The number of carbonyl (C=O) groups is 2. The summed E-state index contributed by atoms with van der Waals surface area (Å²) < 4.78 is 4.82. The van der Waals surface area contributed by atoms with Crippen LogP contribution in [0.5, 0.6) is 5.75 Å². The van der Waals surface area contributed by atoms with Crippen LogP contribution in [-0.2, 0) is 0 Å². The predicted molar refractivity (Wildman–Crippen MR) is 46.4 cm³/mol. The Labute approximate surface area is 85.9 Å². The van der Waals surface area contributed by atoms with Crippen molar-refractivity contribution in [3.8, 4) is 5.75 Å². The van der Waals surface area contributed by atoms with Crippen molar-refractivity contribution in [1.29, 1.82) is 0 Å². The van der Waals surface area contributed by atoms with Crippen LogP contribution in [0.4, 0.5) is 0 Å². The minimum Gasteiger partial charge on any atom is -0.545 e. The van der Waals surface area contributed by atoms with Crippen LogP contribution in [0.1, 0.15) is 26.3 Å². The molecule has 0 aliphatic rings. The topological polar surface area (TPSA) is 89.5 Å². The lowest BCUT2D eigenvalue weighted by atomic mass is 10.0. The van der Waals surface area contributed by atoms with E-state index in [0.717, 1.165) is 6.07 Å². The highest BCUT2D eigenvalue weighted by atomic mass is 16.5. The molecule has 5 nitrogen and oxygen atoms in total. The largest absolute Gasteiger partial charge is 0.545 e. The maximum Gasteiger partial charge on any atom is 0.119 e. The zero-order valence-electron chi connectivity index (χ0n) is 8.20. The second-order valence-corrected chi connectivity index (χ2v) is 2.94. The number of carboxylic acids is 2. The fourth-order valence-electron chi connectivity index (χ4n) is 1.30. The molecule has 0 bridgehead atoms. The monoisotopic (exact) mass is 208 g/mol.